The third kappa shape index (κ3) is 2.37. The van der Waals surface area contributed by atoms with Gasteiger partial charge < -0.3 is 10.2 Å². The molecule has 2 heterocycles. The number of hydrogen-bond donors (Lipinski definition) is 1. The van der Waals surface area contributed by atoms with Crippen LogP contribution in [0.2, 0.25) is 0 Å². The molecule has 0 spiro atoms. The van der Waals surface area contributed by atoms with Crippen molar-refractivity contribution in [2.45, 2.75) is 25.3 Å². The van der Waals surface area contributed by atoms with Gasteiger partial charge in [0.2, 0.25) is 0 Å². The van der Waals surface area contributed by atoms with Gasteiger partial charge in [-0.1, -0.05) is 18.2 Å². The predicted molar refractivity (Wildman–Crippen MR) is 68.4 cm³/mol. The highest BCUT2D eigenvalue weighted by molar-refractivity contribution is 6.02. The lowest BCUT2D eigenvalue weighted by Crippen LogP contribution is -2.33. The molecule has 3 amide bonds. The first-order chi connectivity index (χ1) is 10.1. The molecule has 7 heteroatoms. The molecule has 1 atom stereocenters. The predicted octanol–water partition coefficient (Wildman–Crippen LogP) is 0.468. The molecule has 7 nitrogen and oxygen atoms in total. The van der Waals surface area contributed by atoms with Gasteiger partial charge in [0.1, 0.15) is 0 Å². The molecule has 0 saturated carbocycles. The number of imide groups is 1. The maximum absolute atomic E-state index is 11.8. The Hall–Kier alpha value is -2.70. The van der Waals surface area contributed by atoms with Crippen LogP contribution >= 0.6 is 0 Å². The first-order valence-corrected chi connectivity index (χ1v) is 6.52. The summed E-state index contributed by atoms with van der Waals surface area (Å²) in [6, 6.07) is 6.42. The van der Waals surface area contributed by atoms with E-state index >= 15 is 0 Å². The fourth-order valence-corrected chi connectivity index (χ4v) is 2.45. The zero-order valence-electron chi connectivity index (χ0n) is 11.0. The van der Waals surface area contributed by atoms with E-state index in [0.717, 1.165) is 0 Å². The standard InChI is InChI=1S/C14H12N2O5/c17-11-5-6-12(18)16(11)21-13(19)7-10-8-3-1-2-4-9(8)14(20)15-10/h1-4,10H,5-7H2,(H,15,20)/t10-/m1/s1. The normalized spacial score (nSPS) is 20.5. The van der Waals surface area contributed by atoms with Crippen molar-refractivity contribution < 1.29 is 24.0 Å². The first-order valence-electron chi connectivity index (χ1n) is 6.52. The number of carbonyl (C=O) groups excluding carboxylic acids is 4. The molecule has 21 heavy (non-hydrogen) atoms. The molecule has 0 aliphatic carbocycles. The van der Waals surface area contributed by atoms with Crippen molar-refractivity contribution in [3.05, 3.63) is 35.4 Å². The molecule has 1 N–H and O–H groups in total. The smallest absolute Gasteiger partial charge is 0.335 e. The minimum absolute atomic E-state index is 0.0507. The highest BCUT2D eigenvalue weighted by atomic mass is 16.7. The molecule has 2 aliphatic rings. The molecular weight excluding hydrogens is 276 g/mol. The summed E-state index contributed by atoms with van der Waals surface area (Å²) in [5.41, 5.74) is 1.22. The maximum Gasteiger partial charge on any atom is 0.335 e. The number of benzene rings is 1. The van der Waals surface area contributed by atoms with E-state index in [1.54, 1.807) is 24.3 Å². The van der Waals surface area contributed by atoms with E-state index < -0.39 is 23.8 Å². The fourth-order valence-electron chi connectivity index (χ4n) is 2.45. The summed E-state index contributed by atoms with van der Waals surface area (Å²) in [4.78, 5) is 51.1. The Morgan fingerprint density at radius 3 is 2.57 bits per heavy atom. The van der Waals surface area contributed by atoms with Crippen LogP contribution in [0, 0.1) is 0 Å². The molecule has 1 aromatic rings. The number of nitrogens with one attached hydrogen (secondary N) is 1. The zero-order chi connectivity index (χ0) is 15.0. The Morgan fingerprint density at radius 2 is 1.86 bits per heavy atom. The second-order valence-electron chi connectivity index (χ2n) is 4.86. The Morgan fingerprint density at radius 1 is 1.19 bits per heavy atom. The summed E-state index contributed by atoms with van der Waals surface area (Å²) in [6.07, 6.45) is -0.0377. The van der Waals surface area contributed by atoms with Crippen molar-refractivity contribution in [3.8, 4) is 0 Å². The van der Waals surface area contributed by atoms with Gasteiger partial charge in [-0.25, -0.2) is 4.79 Å². The van der Waals surface area contributed by atoms with Gasteiger partial charge in [0.05, 0.1) is 12.5 Å². The molecule has 0 unspecified atom stereocenters. The van der Waals surface area contributed by atoms with Crippen molar-refractivity contribution >= 4 is 23.7 Å². The lowest BCUT2D eigenvalue weighted by Gasteiger charge is -2.15. The lowest BCUT2D eigenvalue weighted by molar-refractivity contribution is -0.197. The van der Waals surface area contributed by atoms with E-state index in [1.165, 1.54) is 0 Å². The third-order valence-electron chi connectivity index (χ3n) is 3.46. The molecule has 2 aliphatic heterocycles. The number of hydroxylamine groups is 2. The largest absolute Gasteiger partial charge is 0.345 e. The first kappa shape index (κ1) is 13.3. The highest BCUT2D eigenvalue weighted by Crippen LogP contribution is 2.28. The van der Waals surface area contributed by atoms with E-state index in [0.29, 0.717) is 16.2 Å². The van der Waals surface area contributed by atoms with Crippen LogP contribution in [0.15, 0.2) is 24.3 Å². The van der Waals surface area contributed by atoms with Crippen molar-refractivity contribution in [1.29, 1.82) is 0 Å². The fraction of sp³-hybridized carbons (Fsp3) is 0.286. The second kappa shape index (κ2) is 5.01. The zero-order valence-corrected chi connectivity index (χ0v) is 11.0. The average Bonchev–Trinajstić information content (AvgIpc) is 2.94. The van der Waals surface area contributed by atoms with Gasteiger partial charge in [0.15, 0.2) is 0 Å². The summed E-state index contributed by atoms with van der Waals surface area (Å²) in [6.45, 7) is 0. The van der Waals surface area contributed by atoms with Gasteiger partial charge in [-0.2, -0.15) is 0 Å². The van der Waals surface area contributed by atoms with Crippen molar-refractivity contribution in [3.63, 3.8) is 0 Å². The van der Waals surface area contributed by atoms with Crippen molar-refractivity contribution in [2.75, 3.05) is 0 Å². The average molecular weight is 288 g/mol. The van der Waals surface area contributed by atoms with E-state index in [4.69, 9.17) is 4.84 Å². The monoisotopic (exact) mass is 288 g/mol. The Balaban J connectivity index is 1.68. The summed E-state index contributed by atoms with van der Waals surface area (Å²) >= 11 is 0. The number of fused-ring (bicyclic) bond motifs is 1. The van der Waals surface area contributed by atoms with Gasteiger partial charge >= 0.3 is 5.97 Å². The SMILES string of the molecule is O=C(C[C@H]1NC(=O)c2ccccc21)ON1C(=O)CCC1=O. The van der Waals surface area contributed by atoms with Crippen LogP contribution < -0.4 is 5.32 Å². The summed E-state index contributed by atoms with van der Waals surface area (Å²) in [5.74, 6) is -2.04. The molecule has 3 rings (SSSR count). The number of rotatable bonds is 3. The van der Waals surface area contributed by atoms with Gasteiger partial charge in [0.25, 0.3) is 17.7 Å². The summed E-state index contributed by atoms with van der Waals surface area (Å²) in [5, 5.41) is 3.17. The Kier molecular flexibility index (Phi) is 3.17. The number of nitrogens with zero attached hydrogens (tertiary/aromatic N) is 1. The topological polar surface area (TPSA) is 92.8 Å². The Bertz CT molecular complexity index is 639. The lowest BCUT2D eigenvalue weighted by atomic mass is 10.0. The molecule has 1 fully saturated rings. The number of carbonyl (C=O) groups is 4. The molecule has 0 aromatic heterocycles. The van der Waals surface area contributed by atoms with Crippen molar-refractivity contribution in [2.24, 2.45) is 0 Å². The number of hydrogen-bond acceptors (Lipinski definition) is 5. The molecule has 1 aromatic carbocycles. The third-order valence-corrected chi connectivity index (χ3v) is 3.46. The summed E-state index contributed by atoms with van der Waals surface area (Å²) < 4.78 is 0. The van der Waals surface area contributed by atoms with Gasteiger partial charge in [0, 0.05) is 18.4 Å². The van der Waals surface area contributed by atoms with Crippen LogP contribution in [0.1, 0.15) is 41.2 Å². The minimum Gasteiger partial charge on any atom is -0.345 e. The van der Waals surface area contributed by atoms with E-state index in [9.17, 15) is 19.2 Å². The van der Waals surface area contributed by atoms with Crippen molar-refractivity contribution in [1.82, 2.24) is 10.4 Å². The minimum atomic E-state index is -0.736. The van der Waals surface area contributed by atoms with Crippen LogP contribution in [-0.2, 0) is 19.2 Å². The van der Waals surface area contributed by atoms with Crippen LogP contribution in [0.5, 0.6) is 0 Å². The van der Waals surface area contributed by atoms with Crippen LogP contribution in [0.4, 0.5) is 0 Å². The van der Waals surface area contributed by atoms with Gasteiger partial charge in [-0.3, -0.25) is 14.4 Å². The van der Waals surface area contributed by atoms with Gasteiger partial charge in [-0.15, -0.1) is 5.06 Å². The van der Waals surface area contributed by atoms with Crippen LogP contribution in [0.25, 0.3) is 0 Å². The Labute approximate surface area is 119 Å². The molecular formula is C14H12N2O5. The molecule has 108 valence electrons. The molecule has 0 radical (unpaired) electrons. The van der Waals surface area contributed by atoms with E-state index in [1.807, 2.05) is 0 Å². The van der Waals surface area contributed by atoms with E-state index in [2.05, 4.69) is 5.32 Å². The quantitative estimate of drug-likeness (QED) is 0.816. The maximum atomic E-state index is 11.8. The van der Waals surface area contributed by atoms with Crippen LogP contribution in [0.3, 0.4) is 0 Å². The second-order valence-corrected chi connectivity index (χ2v) is 4.86. The van der Waals surface area contributed by atoms with Crippen LogP contribution in [-0.4, -0.2) is 28.8 Å². The number of amides is 3. The molecule has 0 bridgehead atoms. The van der Waals surface area contributed by atoms with E-state index in [-0.39, 0.29) is 25.2 Å². The highest BCUT2D eigenvalue weighted by Gasteiger charge is 2.35. The van der Waals surface area contributed by atoms with Gasteiger partial charge in [-0.05, 0) is 11.6 Å². The summed E-state index contributed by atoms with van der Waals surface area (Å²) in [7, 11) is 0. The molecule has 1 saturated heterocycles.